The van der Waals surface area contributed by atoms with Crippen molar-refractivity contribution in [3.8, 4) is 0 Å². The molecule has 0 aliphatic heterocycles. The summed E-state index contributed by atoms with van der Waals surface area (Å²) in [6.45, 7) is 1.56. The van der Waals surface area contributed by atoms with E-state index in [9.17, 15) is 22.4 Å². The number of halogens is 6. The molecule has 0 spiro atoms. The zero-order valence-electron chi connectivity index (χ0n) is 13.3. The van der Waals surface area contributed by atoms with Crippen molar-refractivity contribution in [2.45, 2.75) is 19.5 Å². The quantitative estimate of drug-likeness (QED) is 0.475. The van der Waals surface area contributed by atoms with Crippen molar-refractivity contribution in [2.24, 2.45) is 0 Å². The van der Waals surface area contributed by atoms with Crippen LogP contribution in [0, 0.1) is 12.7 Å². The van der Waals surface area contributed by atoms with E-state index in [2.05, 4.69) is 0 Å². The molecule has 2 aromatic rings. The molecule has 0 atom stereocenters. The summed E-state index contributed by atoms with van der Waals surface area (Å²) in [7, 11) is 0. The molecule has 0 saturated heterocycles. The van der Waals surface area contributed by atoms with Crippen LogP contribution in [0.25, 0.3) is 5.57 Å². The topological polar surface area (TPSA) is 37.3 Å². The van der Waals surface area contributed by atoms with E-state index < -0.39 is 33.6 Å². The Morgan fingerprint density at radius 3 is 2.19 bits per heavy atom. The zero-order chi connectivity index (χ0) is 19.6. The first-order valence-corrected chi connectivity index (χ1v) is 8.01. The molecule has 26 heavy (non-hydrogen) atoms. The highest BCUT2D eigenvalue weighted by Gasteiger charge is 2.35. The van der Waals surface area contributed by atoms with Crippen molar-refractivity contribution in [2.75, 3.05) is 0 Å². The first-order chi connectivity index (χ1) is 12.0. The first-order valence-electron chi connectivity index (χ1n) is 7.25. The smallest absolute Gasteiger partial charge is 0.416 e. The van der Waals surface area contributed by atoms with Crippen LogP contribution < -0.4 is 0 Å². The van der Waals surface area contributed by atoms with Crippen LogP contribution in [-0.2, 0) is 6.42 Å². The van der Waals surface area contributed by atoms with Crippen LogP contribution in [0.3, 0.4) is 0 Å². The van der Waals surface area contributed by atoms with Gasteiger partial charge in [0.2, 0.25) is 0 Å². The maximum atomic E-state index is 13.5. The van der Waals surface area contributed by atoms with E-state index in [0.29, 0.717) is 11.1 Å². The summed E-state index contributed by atoms with van der Waals surface area (Å²) >= 11 is 11.2. The molecule has 8 heteroatoms. The van der Waals surface area contributed by atoms with Gasteiger partial charge >= 0.3 is 12.1 Å². The number of allylic oxidation sites excluding steroid dienone is 2. The number of aryl methyl sites for hydroxylation is 1. The molecule has 0 radical (unpaired) electrons. The summed E-state index contributed by atoms with van der Waals surface area (Å²) in [4.78, 5) is 11.0. The third kappa shape index (κ3) is 4.56. The van der Waals surface area contributed by atoms with E-state index in [-0.39, 0.29) is 17.5 Å². The largest absolute Gasteiger partial charge is 0.478 e. The molecule has 0 aromatic heterocycles. The van der Waals surface area contributed by atoms with Gasteiger partial charge < -0.3 is 5.11 Å². The van der Waals surface area contributed by atoms with E-state index in [1.807, 2.05) is 0 Å². The monoisotopic (exact) mass is 406 g/mol. The van der Waals surface area contributed by atoms with Crippen molar-refractivity contribution < 1.29 is 27.5 Å². The number of carboxylic acid groups (broad SMARTS) is 1. The average molecular weight is 407 g/mol. The van der Waals surface area contributed by atoms with Crippen molar-refractivity contribution in [3.63, 3.8) is 0 Å². The predicted octanol–water partition coefficient (Wildman–Crippen LogP) is 6.33. The lowest BCUT2D eigenvalue weighted by atomic mass is 9.99. The molecule has 138 valence electrons. The van der Waals surface area contributed by atoms with Crippen LogP contribution in [0.15, 0.2) is 36.4 Å². The van der Waals surface area contributed by atoms with Gasteiger partial charge in [-0.25, -0.2) is 9.18 Å². The van der Waals surface area contributed by atoms with Crippen LogP contribution in [0.5, 0.6) is 0 Å². The normalized spacial score (nSPS) is 12.3. The fourth-order valence-electron chi connectivity index (χ4n) is 2.42. The molecule has 2 aromatic carbocycles. The minimum absolute atomic E-state index is 0.0749. The van der Waals surface area contributed by atoms with Gasteiger partial charge in [0.05, 0.1) is 21.2 Å². The predicted molar refractivity (Wildman–Crippen MR) is 92.3 cm³/mol. The Morgan fingerprint density at radius 1 is 1.15 bits per heavy atom. The average Bonchev–Trinajstić information content (AvgIpc) is 2.51. The second kappa shape index (κ2) is 7.68. The van der Waals surface area contributed by atoms with Gasteiger partial charge in [-0.2, -0.15) is 13.2 Å². The molecule has 0 amide bonds. The molecule has 0 saturated carbocycles. The van der Waals surface area contributed by atoms with Crippen LogP contribution in [-0.4, -0.2) is 17.3 Å². The summed E-state index contributed by atoms with van der Waals surface area (Å²) in [5, 5.41) is 7.97. The second-order valence-electron chi connectivity index (χ2n) is 5.53. The fraction of sp³-hybridized carbons (Fsp3) is 0.167. The molecule has 2 nitrogen and oxygen atoms in total. The number of carboxylic acids is 1. The Labute approximate surface area is 156 Å². The molecular weight excluding hydrogens is 395 g/mol. The molecule has 0 bridgehead atoms. The number of alkyl halides is 3. The standard InChI is InChI=1S/C18H12Cl2F4O2/c1-9-6-10(2-4-12(9)17(25)26)3-5-13(18(22,23)24)11-7-14(19)16(21)15(20)8-11/h2,4-8H,3H2,1H3,(H,25,26)/b13-5+. The highest BCUT2D eigenvalue weighted by atomic mass is 35.5. The fourth-order valence-corrected chi connectivity index (χ4v) is 2.91. The third-order valence-electron chi connectivity index (χ3n) is 3.66. The number of aromatic carboxylic acids is 1. The first kappa shape index (κ1) is 20.3. The Balaban J connectivity index is 2.43. The number of hydrogen-bond donors (Lipinski definition) is 1. The molecular formula is C18H12Cl2F4O2. The lowest BCUT2D eigenvalue weighted by molar-refractivity contribution is -0.0690. The maximum Gasteiger partial charge on any atom is 0.416 e. The van der Waals surface area contributed by atoms with E-state index in [1.54, 1.807) is 6.92 Å². The molecule has 2 rings (SSSR count). The van der Waals surface area contributed by atoms with Crippen molar-refractivity contribution in [3.05, 3.63) is 74.5 Å². The minimum atomic E-state index is -4.71. The summed E-state index contributed by atoms with van der Waals surface area (Å²) < 4.78 is 53.6. The summed E-state index contributed by atoms with van der Waals surface area (Å²) in [6.07, 6.45) is -3.89. The SMILES string of the molecule is Cc1cc(C/C=C(\c2cc(Cl)c(F)c(Cl)c2)C(F)(F)F)ccc1C(=O)O. The molecule has 0 aliphatic carbocycles. The van der Waals surface area contributed by atoms with Crippen LogP contribution in [0.4, 0.5) is 17.6 Å². The van der Waals surface area contributed by atoms with Gasteiger partial charge in [-0.1, -0.05) is 41.4 Å². The van der Waals surface area contributed by atoms with E-state index >= 15 is 0 Å². The number of benzene rings is 2. The maximum absolute atomic E-state index is 13.5. The zero-order valence-corrected chi connectivity index (χ0v) is 14.8. The Kier molecular flexibility index (Phi) is 5.98. The lowest BCUT2D eigenvalue weighted by Crippen LogP contribution is -2.11. The van der Waals surface area contributed by atoms with E-state index in [1.165, 1.54) is 18.2 Å². The highest BCUT2D eigenvalue weighted by molar-refractivity contribution is 6.35. The summed E-state index contributed by atoms with van der Waals surface area (Å²) in [5.74, 6) is -2.10. The van der Waals surface area contributed by atoms with E-state index in [4.69, 9.17) is 28.3 Å². The molecule has 1 N–H and O–H groups in total. The van der Waals surface area contributed by atoms with Gasteiger partial charge in [0.25, 0.3) is 0 Å². The highest BCUT2D eigenvalue weighted by Crippen LogP contribution is 2.37. The van der Waals surface area contributed by atoms with Gasteiger partial charge in [-0.15, -0.1) is 0 Å². The summed E-state index contributed by atoms with van der Waals surface area (Å²) in [5.41, 5.74) is -0.363. The van der Waals surface area contributed by atoms with Crippen molar-refractivity contribution in [1.29, 1.82) is 0 Å². The van der Waals surface area contributed by atoms with Crippen LogP contribution >= 0.6 is 23.2 Å². The lowest BCUT2D eigenvalue weighted by Gasteiger charge is -2.14. The molecule has 0 heterocycles. The number of rotatable bonds is 4. The van der Waals surface area contributed by atoms with Crippen LogP contribution in [0.1, 0.15) is 27.0 Å². The molecule has 0 fully saturated rings. The van der Waals surface area contributed by atoms with Gasteiger partial charge in [0.1, 0.15) is 0 Å². The van der Waals surface area contributed by atoms with Gasteiger partial charge in [-0.3, -0.25) is 0 Å². The Morgan fingerprint density at radius 2 is 1.73 bits per heavy atom. The van der Waals surface area contributed by atoms with Crippen molar-refractivity contribution >= 4 is 34.7 Å². The number of carbonyl (C=O) groups is 1. The van der Waals surface area contributed by atoms with Gasteiger partial charge in [-0.05, 0) is 48.2 Å². The second-order valence-corrected chi connectivity index (χ2v) is 6.34. The third-order valence-corrected chi connectivity index (χ3v) is 4.21. The van der Waals surface area contributed by atoms with Crippen molar-refractivity contribution in [1.82, 2.24) is 0 Å². The Hall–Kier alpha value is -2.05. The molecule has 0 unspecified atom stereocenters. The van der Waals surface area contributed by atoms with Crippen LogP contribution in [0.2, 0.25) is 10.0 Å². The Bertz CT molecular complexity index is 866. The van der Waals surface area contributed by atoms with Gasteiger partial charge in [0, 0.05) is 0 Å². The number of hydrogen-bond acceptors (Lipinski definition) is 1. The van der Waals surface area contributed by atoms with Gasteiger partial charge in [0.15, 0.2) is 5.82 Å². The van der Waals surface area contributed by atoms with E-state index in [0.717, 1.165) is 18.2 Å². The molecule has 0 aliphatic rings. The minimum Gasteiger partial charge on any atom is -0.478 e. The summed E-state index contributed by atoms with van der Waals surface area (Å²) in [6, 6.07) is 5.99.